The van der Waals surface area contributed by atoms with Gasteiger partial charge in [0.15, 0.2) is 0 Å². The minimum Gasteiger partial charge on any atom is -0.361 e. The molecule has 0 unspecified atom stereocenters. The van der Waals surface area contributed by atoms with Crippen LogP contribution in [0.2, 0.25) is 0 Å². The van der Waals surface area contributed by atoms with Gasteiger partial charge in [0, 0.05) is 5.56 Å². The van der Waals surface area contributed by atoms with Crippen LogP contribution < -0.4 is 0 Å². The van der Waals surface area contributed by atoms with Crippen molar-refractivity contribution in [1.82, 2.24) is 5.16 Å². The summed E-state index contributed by atoms with van der Waals surface area (Å²) < 4.78 is 45.1. The zero-order chi connectivity index (χ0) is 18.2. The molecule has 6 heteroatoms. The second-order valence-corrected chi connectivity index (χ2v) is 5.69. The molecule has 3 aromatic rings. The first-order valence-corrected chi connectivity index (χ1v) is 7.45. The van der Waals surface area contributed by atoms with Gasteiger partial charge in [-0.3, -0.25) is 0 Å². The first-order valence-electron chi connectivity index (χ1n) is 7.45. The van der Waals surface area contributed by atoms with Crippen molar-refractivity contribution in [3.05, 3.63) is 65.0 Å². The molecule has 0 spiro atoms. The first kappa shape index (κ1) is 16.8. The minimum atomic E-state index is -4.48. The molecule has 3 rings (SSSR count). The third kappa shape index (κ3) is 3.26. The lowest BCUT2D eigenvalue weighted by atomic mass is 9.95. The molecule has 1 aromatic heterocycles. The zero-order valence-electron chi connectivity index (χ0n) is 13.5. The van der Waals surface area contributed by atoms with Crippen LogP contribution in [-0.4, -0.2) is 5.16 Å². The third-order valence-electron chi connectivity index (χ3n) is 3.93. The topological polar surface area (TPSA) is 49.8 Å². The summed E-state index contributed by atoms with van der Waals surface area (Å²) in [5.74, 6) is 0.461. The molecule has 2 aromatic carbocycles. The van der Waals surface area contributed by atoms with Crippen LogP contribution in [0.3, 0.4) is 0 Å². The normalized spacial score (nSPS) is 11.4. The van der Waals surface area contributed by atoms with Gasteiger partial charge in [-0.05, 0) is 60.9 Å². The summed E-state index contributed by atoms with van der Waals surface area (Å²) in [5, 5.41) is 12.7. The molecule has 0 aliphatic rings. The maximum Gasteiger partial charge on any atom is 0.416 e. The number of benzene rings is 2. The van der Waals surface area contributed by atoms with Gasteiger partial charge >= 0.3 is 6.18 Å². The van der Waals surface area contributed by atoms with Gasteiger partial charge in [-0.15, -0.1) is 0 Å². The van der Waals surface area contributed by atoms with Crippen molar-refractivity contribution < 1.29 is 17.7 Å². The fourth-order valence-electron chi connectivity index (χ4n) is 2.73. The lowest BCUT2D eigenvalue weighted by molar-refractivity contribution is -0.137. The fraction of sp³-hybridized carbons (Fsp3) is 0.158. The molecule has 126 valence electrons. The number of aromatic nitrogens is 1. The Morgan fingerprint density at radius 2 is 1.60 bits per heavy atom. The molecule has 0 aliphatic carbocycles. The smallest absolute Gasteiger partial charge is 0.361 e. The molecule has 3 nitrogen and oxygen atoms in total. The Hall–Kier alpha value is -3.07. The van der Waals surface area contributed by atoms with Crippen molar-refractivity contribution in [2.24, 2.45) is 0 Å². The van der Waals surface area contributed by atoms with Crippen molar-refractivity contribution >= 4 is 0 Å². The van der Waals surface area contributed by atoms with Gasteiger partial charge in [0.05, 0.1) is 22.9 Å². The van der Waals surface area contributed by atoms with Crippen LogP contribution in [0.1, 0.15) is 22.6 Å². The van der Waals surface area contributed by atoms with Gasteiger partial charge in [0.2, 0.25) is 0 Å². The van der Waals surface area contributed by atoms with Gasteiger partial charge in [-0.1, -0.05) is 17.3 Å². The molecule has 0 amide bonds. The highest BCUT2D eigenvalue weighted by atomic mass is 19.4. The predicted octanol–water partition coefficient (Wildman–Crippen LogP) is 5.52. The minimum absolute atomic E-state index is 0.394. The molecule has 0 N–H and O–H groups in total. The van der Waals surface area contributed by atoms with Crippen LogP contribution in [0.15, 0.2) is 47.0 Å². The fourth-order valence-corrected chi connectivity index (χ4v) is 2.73. The van der Waals surface area contributed by atoms with Crippen LogP contribution in [0, 0.1) is 25.2 Å². The lowest BCUT2D eigenvalue weighted by Gasteiger charge is -2.13. The molecule has 25 heavy (non-hydrogen) atoms. The van der Waals surface area contributed by atoms with E-state index in [4.69, 9.17) is 9.78 Å². The highest BCUT2D eigenvalue weighted by Gasteiger charge is 2.32. The van der Waals surface area contributed by atoms with Crippen molar-refractivity contribution in [3.63, 3.8) is 0 Å². The Kier molecular flexibility index (Phi) is 4.09. The summed E-state index contributed by atoms with van der Waals surface area (Å²) in [5.41, 5.74) is 2.19. The van der Waals surface area contributed by atoms with Crippen LogP contribution >= 0.6 is 0 Å². The molecule has 0 bridgehead atoms. The van der Waals surface area contributed by atoms with E-state index in [1.54, 1.807) is 44.2 Å². The number of rotatable bonds is 2. The summed E-state index contributed by atoms with van der Waals surface area (Å²) in [7, 11) is 0. The highest BCUT2D eigenvalue weighted by Crippen LogP contribution is 2.38. The molecule has 0 atom stereocenters. The van der Waals surface area contributed by atoms with E-state index in [0.29, 0.717) is 39.3 Å². The average Bonchev–Trinajstić information content (AvgIpc) is 2.92. The van der Waals surface area contributed by atoms with Crippen molar-refractivity contribution in [2.45, 2.75) is 20.0 Å². The van der Waals surface area contributed by atoms with Crippen LogP contribution in [0.4, 0.5) is 13.2 Å². The Morgan fingerprint density at radius 1 is 0.960 bits per heavy atom. The van der Waals surface area contributed by atoms with Crippen molar-refractivity contribution in [2.75, 3.05) is 0 Å². The quantitative estimate of drug-likeness (QED) is 0.616. The SMILES string of the molecule is Cc1noc(C)c1-c1cc(-c2ccc(C#N)cc2)cc(C(F)(F)F)c1. The largest absolute Gasteiger partial charge is 0.416 e. The number of halogens is 3. The van der Waals surface area contributed by atoms with Crippen molar-refractivity contribution in [1.29, 1.82) is 5.26 Å². The average molecular weight is 342 g/mol. The first-order chi connectivity index (χ1) is 11.8. The number of hydrogen-bond donors (Lipinski definition) is 0. The Balaban J connectivity index is 2.22. The van der Waals surface area contributed by atoms with E-state index in [1.165, 1.54) is 0 Å². The second-order valence-electron chi connectivity index (χ2n) is 5.69. The maximum atomic E-state index is 13.3. The molecule has 0 radical (unpaired) electrons. The molecule has 0 fully saturated rings. The van der Waals surface area contributed by atoms with Gasteiger partial charge in [0.25, 0.3) is 0 Å². The lowest BCUT2D eigenvalue weighted by Crippen LogP contribution is -2.05. The monoisotopic (exact) mass is 342 g/mol. The van der Waals surface area contributed by atoms with E-state index in [9.17, 15) is 13.2 Å². The van der Waals surface area contributed by atoms with E-state index in [2.05, 4.69) is 5.16 Å². The molecule has 0 aliphatic heterocycles. The van der Waals surface area contributed by atoms with Gasteiger partial charge in [0.1, 0.15) is 5.76 Å². The van der Waals surface area contributed by atoms with E-state index >= 15 is 0 Å². The van der Waals surface area contributed by atoms with Crippen LogP contribution in [-0.2, 0) is 6.18 Å². The number of nitrogens with zero attached hydrogens (tertiary/aromatic N) is 2. The highest BCUT2D eigenvalue weighted by molar-refractivity contribution is 5.76. The Labute approximate surface area is 142 Å². The number of hydrogen-bond acceptors (Lipinski definition) is 3. The Bertz CT molecular complexity index is 944. The summed E-state index contributed by atoms with van der Waals surface area (Å²) >= 11 is 0. The third-order valence-corrected chi connectivity index (χ3v) is 3.93. The molecule has 0 saturated heterocycles. The summed E-state index contributed by atoms with van der Waals surface area (Å²) in [6.45, 7) is 3.35. The summed E-state index contributed by atoms with van der Waals surface area (Å²) in [6, 6.07) is 12.3. The van der Waals surface area contributed by atoms with Crippen LogP contribution in [0.25, 0.3) is 22.3 Å². The summed E-state index contributed by atoms with van der Waals surface area (Å²) in [6.07, 6.45) is -4.48. The number of aryl methyl sites for hydroxylation is 2. The van der Waals surface area contributed by atoms with Gasteiger partial charge < -0.3 is 4.52 Å². The molecule has 1 heterocycles. The summed E-state index contributed by atoms with van der Waals surface area (Å²) in [4.78, 5) is 0. The molecular weight excluding hydrogens is 329 g/mol. The standard InChI is InChI=1S/C19H13F3N2O/c1-11-18(12(2)25-24-11)16-7-15(8-17(9-16)19(20,21)22)14-5-3-13(10-23)4-6-14/h3-9H,1-2H3. The number of nitriles is 1. The van der Waals surface area contributed by atoms with E-state index < -0.39 is 11.7 Å². The van der Waals surface area contributed by atoms with Crippen molar-refractivity contribution in [3.8, 4) is 28.3 Å². The van der Waals surface area contributed by atoms with E-state index in [0.717, 1.165) is 12.1 Å². The molecule has 0 saturated carbocycles. The number of alkyl halides is 3. The van der Waals surface area contributed by atoms with E-state index in [1.807, 2.05) is 6.07 Å². The Morgan fingerprint density at radius 3 is 2.12 bits per heavy atom. The van der Waals surface area contributed by atoms with Crippen LogP contribution in [0.5, 0.6) is 0 Å². The zero-order valence-corrected chi connectivity index (χ0v) is 13.5. The molecular formula is C19H13F3N2O. The van der Waals surface area contributed by atoms with E-state index in [-0.39, 0.29) is 0 Å². The predicted molar refractivity (Wildman–Crippen MR) is 86.6 cm³/mol. The maximum absolute atomic E-state index is 13.3. The second kappa shape index (κ2) is 6.10. The van der Waals surface area contributed by atoms with Gasteiger partial charge in [-0.25, -0.2) is 0 Å². The van der Waals surface area contributed by atoms with Gasteiger partial charge in [-0.2, -0.15) is 18.4 Å².